The first kappa shape index (κ1) is 20.7. The lowest BCUT2D eigenvalue weighted by atomic mass is 10.1. The first-order valence-electron chi connectivity index (χ1n) is 9.25. The number of hydrogen-bond donors (Lipinski definition) is 0. The van der Waals surface area contributed by atoms with Crippen LogP contribution in [0.3, 0.4) is 0 Å². The van der Waals surface area contributed by atoms with Crippen molar-refractivity contribution in [1.82, 2.24) is 14.3 Å². The van der Waals surface area contributed by atoms with Crippen molar-refractivity contribution in [2.45, 2.75) is 33.2 Å². The Morgan fingerprint density at radius 3 is 2.72 bits per heavy atom. The van der Waals surface area contributed by atoms with Gasteiger partial charge in [-0.1, -0.05) is 54.2 Å². The van der Waals surface area contributed by atoms with E-state index in [0.717, 1.165) is 11.3 Å². The molecule has 0 aliphatic heterocycles. The van der Waals surface area contributed by atoms with Crippen LogP contribution in [0.4, 0.5) is 0 Å². The third-order valence-electron chi connectivity index (χ3n) is 4.61. The van der Waals surface area contributed by atoms with Crippen LogP contribution in [0.1, 0.15) is 18.1 Å². The minimum atomic E-state index is -1.40. The summed E-state index contributed by atoms with van der Waals surface area (Å²) in [6.07, 6.45) is 2.98. The van der Waals surface area contributed by atoms with Crippen molar-refractivity contribution in [3.05, 3.63) is 58.4 Å². The van der Waals surface area contributed by atoms with Gasteiger partial charge in [-0.15, -0.1) is 5.10 Å². The molecule has 0 saturated heterocycles. The fourth-order valence-electron chi connectivity index (χ4n) is 2.86. The van der Waals surface area contributed by atoms with Gasteiger partial charge >= 0.3 is 11.7 Å². The molecule has 0 aliphatic carbocycles. The van der Waals surface area contributed by atoms with Crippen LogP contribution in [0.2, 0.25) is 19.6 Å². The van der Waals surface area contributed by atoms with Crippen molar-refractivity contribution < 1.29 is 14.0 Å². The summed E-state index contributed by atoms with van der Waals surface area (Å²) in [5, 5.41) is 9.65. The highest BCUT2D eigenvalue weighted by Gasteiger charge is 2.19. The maximum atomic E-state index is 12.4. The van der Waals surface area contributed by atoms with E-state index in [9.17, 15) is 4.79 Å². The van der Waals surface area contributed by atoms with Crippen LogP contribution in [0, 0.1) is 0 Å². The van der Waals surface area contributed by atoms with Gasteiger partial charge in [0.15, 0.2) is 0 Å². The van der Waals surface area contributed by atoms with E-state index in [4.69, 9.17) is 14.0 Å². The summed E-state index contributed by atoms with van der Waals surface area (Å²) in [6, 6.07) is 8.59. The predicted molar refractivity (Wildman–Crippen MR) is 114 cm³/mol. The van der Waals surface area contributed by atoms with E-state index in [1.165, 1.54) is 34.1 Å². The summed E-state index contributed by atoms with van der Waals surface area (Å²) >= 11 is 0. The molecule has 0 saturated carbocycles. The quantitative estimate of drug-likeness (QED) is 0.337. The van der Waals surface area contributed by atoms with Crippen molar-refractivity contribution in [2.24, 2.45) is 12.2 Å². The van der Waals surface area contributed by atoms with Gasteiger partial charge in [0.05, 0.1) is 32.7 Å². The van der Waals surface area contributed by atoms with Gasteiger partial charge in [-0.25, -0.2) is 14.0 Å². The Balaban J connectivity index is 1.79. The van der Waals surface area contributed by atoms with Gasteiger partial charge in [0.1, 0.15) is 18.6 Å². The molecule has 0 amide bonds. The molecule has 0 fully saturated rings. The number of ether oxygens (including phenoxy) is 1. The highest BCUT2D eigenvalue weighted by molar-refractivity contribution is 6.88. The lowest BCUT2D eigenvalue weighted by molar-refractivity contribution is 0.130. The van der Waals surface area contributed by atoms with E-state index in [0.29, 0.717) is 11.3 Å². The highest BCUT2D eigenvalue weighted by atomic mass is 28.3. The summed E-state index contributed by atoms with van der Waals surface area (Å²) in [5.41, 5.74) is 2.64. The topological polar surface area (TPSA) is 83.8 Å². The van der Waals surface area contributed by atoms with Crippen LogP contribution in [0.25, 0.3) is 5.69 Å². The number of aryl methyl sites for hydroxylation is 1. The second kappa shape index (κ2) is 8.12. The second-order valence-corrected chi connectivity index (χ2v) is 12.9. The smallest absolute Gasteiger partial charge is 0.353 e. The number of hydrogen-bond acceptors (Lipinski definition) is 6. The average Bonchev–Trinajstić information content (AvgIpc) is 3.25. The lowest BCUT2D eigenvalue weighted by Gasteiger charge is -2.17. The Morgan fingerprint density at radius 1 is 1.28 bits per heavy atom. The first-order chi connectivity index (χ1) is 13.7. The molecule has 0 radical (unpaired) electrons. The molecular formula is C20H26N4O4Si. The molecule has 1 aromatic carbocycles. The van der Waals surface area contributed by atoms with Gasteiger partial charge in [-0.05, 0) is 12.5 Å². The standard InChI is InChI=1S/C20H26N4O4Si/c1-14(15-8-7-9-17(10-15)29(4,5)6)22-28-12-16-11-27-13-18(16)24-19(26-3)21-23(2)20(24)25/h7-11,13H,12H2,1-6H3. The number of oxime groups is 1. The molecule has 3 aromatic rings. The number of benzene rings is 1. The van der Waals surface area contributed by atoms with Gasteiger partial charge in [-0.2, -0.15) is 0 Å². The molecule has 3 rings (SSSR count). The molecule has 0 unspecified atom stereocenters. The molecule has 2 aromatic heterocycles. The SMILES string of the molecule is COc1nn(C)c(=O)n1-c1cocc1CON=C(C)c1cccc([Si](C)(C)C)c1. The molecular weight excluding hydrogens is 388 g/mol. The minimum absolute atomic E-state index is 0.140. The van der Waals surface area contributed by atoms with E-state index >= 15 is 0 Å². The van der Waals surface area contributed by atoms with Crippen LogP contribution in [0.5, 0.6) is 6.01 Å². The van der Waals surface area contributed by atoms with Crippen LogP contribution in [-0.4, -0.2) is 35.2 Å². The van der Waals surface area contributed by atoms with Gasteiger partial charge in [0.25, 0.3) is 0 Å². The summed E-state index contributed by atoms with van der Waals surface area (Å²) < 4.78 is 13.0. The molecule has 9 heteroatoms. The fourth-order valence-corrected chi connectivity index (χ4v) is 4.05. The van der Waals surface area contributed by atoms with Crippen LogP contribution < -0.4 is 15.6 Å². The van der Waals surface area contributed by atoms with Crippen LogP contribution >= 0.6 is 0 Å². The van der Waals surface area contributed by atoms with Crippen molar-refractivity contribution in [2.75, 3.05) is 7.11 Å². The summed E-state index contributed by atoms with van der Waals surface area (Å²) in [5.74, 6) is 0. The normalized spacial score (nSPS) is 12.3. The van der Waals surface area contributed by atoms with Crippen molar-refractivity contribution in [3.8, 4) is 11.7 Å². The largest absolute Gasteiger partial charge is 0.470 e. The van der Waals surface area contributed by atoms with Crippen molar-refractivity contribution in [3.63, 3.8) is 0 Å². The van der Waals surface area contributed by atoms with E-state index in [-0.39, 0.29) is 18.3 Å². The number of furan rings is 1. The Kier molecular flexibility index (Phi) is 5.78. The van der Waals surface area contributed by atoms with Crippen LogP contribution in [0.15, 0.2) is 51.2 Å². The fraction of sp³-hybridized carbons (Fsp3) is 0.350. The van der Waals surface area contributed by atoms with Crippen LogP contribution in [-0.2, 0) is 18.5 Å². The number of methoxy groups -OCH3 is 1. The summed E-state index contributed by atoms with van der Waals surface area (Å²) in [4.78, 5) is 17.9. The molecule has 0 N–H and O–H groups in total. The number of nitrogens with zero attached hydrogens (tertiary/aromatic N) is 4. The molecule has 0 aliphatic rings. The average molecular weight is 415 g/mol. The Labute approximate surface area is 170 Å². The van der Waals surface area contributed by atoms with Gasteiger partial charge in [0.2, 0.25) is 0 Å². The lowest BCUT2D eigenvalue weighted by Crippen LogP contribution is -2.37. The zero-order valence-electron chi connectivity index (χ0n) is 17.6. The minimum Gasteiger partial charge on any atom is -0.470 e. The summed E-state index contributed by atoms with van der Waals surface area (Å²) in [7, 11) is 1.61. The van der Waals surface area contributed by atoms with E-state index < -0.39 is 8.07 Å². The third-order valence-corrected chi connectivity index (χ3v) is 6.65. The molecule has 29 heavy (non-hydrogen) atoms. The highest BCUT2D eigenvalue weighted by Crippen LogP contribution is 2.20. The van der Waals surface area contributed by atoms with Gasteiger partial charge < -0.3 is 14.0 Å². The first-order valence-corrected chi connectivity index (χ1v) is 12.8. The number of rotatable bonds is 7. The third kappa shape index (κ3) is 4.34. The molecule has 2 heterocycles. The van der Waals surface area contributed by atoms with Crippen molar-refractivity contribution in [1.29, 1.82) is 0 Å². The van der Waals surface area contributed by atoms with Crippen molar-refractivity contribution >= 4 is 19.0 Å². The predicted octanol–water partition coefficient (Wildman–Crippen LogP) is 2.66. The summed E-state index contributed by atoms with van der Waals surface area (Å²) in [6.45, 7) is 8.98. The Morgan fingerprint density at radius 2 is 2.03 bits per heavy atom. The van der Waals surface area contributed by atoms with E-state index in [2.05, 4.69) is 48.1 Å². The Hall–Kier alpha value is -3.07. The van der Waals surface area contributed by atoms with Gasteiger partial charge in [0, 0.05) is 7.05 Å². The van der Waals surface area contributed by atoms with E-state index in [1.807, 2.05) is 13.0 Å². The monoisotopic (exact) mass is 414 g/mol. The maximum Gasteiger partial charge on any atom is 0.353 e. The maximum absolute atomic E-state index is 12.4. The second-order valence-electron chi connectivity index (χ2n) is 7.79. The molecule has 8 nitrogen and oxygen atoms in total. The molecule has 0 spiro atoms. The zero-order chi connectivity index (χ0) is 21.2. The molecule has 0 bridgehead atoms. The zero-order valence-corrected chi connectivity index (χ0v) is 18.6. The number of aromatic nitrogens is 3. The molecule has 0 atom stereocenters. The molecule has 154 valence electrons. The van der Waals surface area contributed by atoms with E-state index in [1.54, 1.807) is 7.05 Å². The Bertz CT molecular complexity index is 1090. The van der Waals surface area contributed by atoms with Gasteiger partial charge in [-0.3, -0.25) is 0 Å².